The van der Waals surface area contributed by atoms with Gasteiger partial charge in [-0.25, -0.2) is 0 Å². The van der Waals surface area contributed by atoms with Crippen molar-refractivity contribution in [2.45, 2.75) is 51.6 Å². The highest BCUT2D eigenvalue weighted by molar-refractivity contribution is 5.09. The summed E-state index contributed by atoms with van der Waals surface area (Å²) in [6.45, 7) is 8.20. The van der Waals surface area contributed by atoms with Gasteiger partial charge in [0.1, 0.15) is 5.54 Å². The van der Waals surface area contributed by atoms with Crippen molar-refractivity contribution in [3.63, 3.8) is 0 Å². The molecular formula is C17H28N4. The molecule has 0 aliphatic rings. The van der Waals surface area contributed by atoms with Crippen molar-refractivity contribution >= 4 is 0 Å². The van der Waals surface area contributed by atoms with Gasteiger partial charge in [-0.2, -0.15) is 5.26 Å². The topological polar surface area (TPSA) is 52.0 Å². The Kier molecular flexibility index (Phi) is 7.35. The molecule has 1 aromatic rings. The molecule has 0 fully saturated rings. The quantitative estimate of drug-likeness (QED) is 0.759. The number of nitrogens with zero attached hydrogens (tertiary/aromatic N) is 3. The molecule has 116 valence electrons. The average Bonchev–Trinajstić information content (AvgIpc) is 2.45. The van der Waals surface area contributed by atoms with Crippen LogP contribution in [0.15, 0.2) is 24.5 Å². The zero-order valence-electron chi connectivity index (χ0n) is 13.8. The SMILES string of the molecule is CC(C)NC(C)(C#N)CCCN(C)CCc1ccncc1. The molecule has 1 N–H and O–H groups in total. The van der Waals surface area contributed by atoms with Crippen molar-refractivity contribution in [3.05, 3.63) is 30.1 Å². The van der Waals surface area contributed by atoms with Crippen molar-refractivity contribution < 1.29 is 0 Å². The van der Waals surface area contributed by atoms with Gasteiger partial charge < -0.3 is 4.90 Å². The third-order valence-corrected chi connectivity index (χ3v) is 3.60. The van der Waals surface area contributed by atoms with Gasteiger partial charge in [-0.15, -0.1) is 0 Å². The molecule has 4 nitrogen and oxygen atoms in total. The van der Waals surface area contributed by atoms with Gasteiger partial charge in [-0.1, -0.05) is 0 Å². The third-order valence-electron chi connectivity index (χ3n) is 3.60. The average molecular weight is 288 g/mol. The van der Waals surface area contributed by atoms with Crippen molar-refractivity contribution in [1.29, 1.82) is 5.26 Å². The summed E-state index contributed by atoms with van der Waals surface area (Å²) in [5.74, 6) is 0. The van der Waals surface area contributed by atoms with Crippen LogP contribution in [0.4, 0.5) is 0 Å². The minimum Gasteiger partial charge on any atom is -0.306 e. The largest absolute Gasteiger partial charge is 0.306 e. The number of aromatic nitrogens is 1. The van der Waals surface area contributed by atoms with Gasteiger partial charge in [0, 0.05) is 25.0 Å². The Morgan fingerprint density at radius 3 is 2.57 bits per heavy atom. The predicted octanol–water partition coefficient (Wildman–Crippen LogP) is 2.62. The summed E-state index contributed by atoms with van der Waals surface area (Å²) in [6.07, 6.45) is 6.62. The highest BCUT2D eigenvalue weighted by Crippen LogP contribution is 2.13. The van der Waals surface area contributed by atoms with E-state index in [-0.39, 0.29) is 0 Å². The molecule has 1 atom stereocenters. The van der Waals surface area contributed by atoms with Crippen molar-refractivity contribution in [2.75, 3.05) is 20.1 Å². The maximum Gasteiger partial charge on any atom is 0.104 e. The fourth-order valence-corrected chi connectivity index (χ4v) is 2.48. The van der Waals surface area contributed by atoms with Crippen LogP contribution in [0.25, 0.3) is 0 Å². The Labute approximate surface area is 129 Å². The van der Waals surface area contributed by atoms with E-state index < -0.39 is 5.54 Å². The van der Waals surface area contributed by atoms with Crippen molar-refractivity contribution in [3.8, 4) is 6.07 Å². The molecule has 0 amide bonds. The van der Waals surface area contributed by atoms with Crippen molar-refractivity contribution in [2.24, 2.45) is 0 Å². The van der Waals surface area contributed by atoms with Crippen LogP contribution in [0.3, 0.4) is 0 Å². The first-order chi connectivity index (χ1) is 9.95. The van der Waals surface area contributed by atoms with Crippen molar-refractivity contribution in [1.82, 2.24) is 15.2 Å². The Hall–Kier alpha value is -1.44. The standard InChI is InChI=1S/C17H28N4/c1-15(2)20-17(3,14-18)9-5-12-21(4)13-8-16-6-10-19-11-7-16/h6-7,10-11,15,20H,5,8-9,12-13H2,1-4H3. The summed E-state index contributed by atoms with van der Waals surface area (Å²) < 4.78 is 0. The molecule has 0 saturated carbocycles. The molecular weight excluding hydrogens is 260 g/mol. The number of nitrogens with one attached hydrogen (secondary N) is 1. The van der Waals surface area contributed by atoms with Gasteiger partial charge in [0.15, 0.2) is 0 Å². The number of pyridine rings is 1. The first-order valence-electron chi connectivity index (χ1n) is 7.71. The van der Waals surface area contributed by atoms with E-state index in [1.807, 2.05) is 19.3 Å². The second kappa shape index (κ2) is 8.76. The van der Waals surface area contributed by atoms with Gasteiger partial charge in [0.05, 0.1) is 6.07 Å². The first kappa shape index (κ1) is 17.6. The number of likely N-dealkylation sites (N-methyl/N-ethyl adjacent to an activating group) is 1. The molecule has 0 aliphatic heterocycles. The predicted molar refractivity (Wildman–Crippen MR) is 87.0 cm³/mol. The third kappa shape index (κ3) is 7.22. The normalized spacial score (nSPS) is 14.1. The van der Waals surface area contributed by atoms with Crippen LogP contribution >= 0.6 is 0 Å². The number of hydrogen-bond acceptors (Lipinski definition) is 4. The Morgan fingerprint density at radius 2 is 2.00 bits per heavy atom. The number of rotatable bonds is 9. The van der Waals surface area contributed by atoms with E-state index in [1.54, 1.807) is 0 Å². The lowest BCUT2D eigenvalue weighted by atomic mass is 9.96. The highest BCUT2D eigenvalue weighted by atomic mass is 15.1. The van der Waals surface area contributed by atoms with Gasteiger partial charge in [-0.05, 0) is 71.3 Å². The maximum atomic E-state index is 9.32. The summed E-state index contributed by atoms with van der Waals surface area (Å²) in [5.41, 5.74) is 0.903. The fourth-order valence-electron chi connectivity index (χ4n) is 2.48. The monoisotopic (exact) mass is 288 g/mol. The van der Waals surface area contributed by atoms with Crippen LogP contribution < -0.4 is 5.32 Å². The molecule has 0 saturated heterocycles. The summed E-state index contributed by atoms with van der Waals surface area (Å²) in [5, 5.41) is 12.7. The maximum absolute atomic E-state index is 9.32. The van der Waals surface area contributed by atoms with E-state index in [2.05, 4.69) is 54.3 Å². The molecule has 1 heterocycles. The van der Waals surface area contributed by atoms with Gasteiger partial charge in [0.2, 0.25) is 0 Å². The van der Waals surface area contributed by atoms with Gasteiger partial charge in [0.25, 0.3) is 0 Å². The van der Waals surface area contributed by atoms with Crippen LogP contribution in [-0.4, -0.2) is 41.6 Å². The summed E-state index contributed by atoms with van der Waals surface area (Å²) in [4.78, 5) is 6.36. The molecule has 0 bridgehead atoms. The molecule has 0 aliphatic carbocycles. The van der Waals surface area contributed by atoms with E-state index >= 15 is 0 Å². The zero-order chi connectivity index (χ0) is 15.7. The van der Waals surface area contributed by atoms with Crippen LogP contribution in [0, 0.1) is 11.3 Å². The van der Waals surface area contributed by atoms with Gasteiger partial charge >= 0.3 is 0 Å². The van der Waals surface area contributed by atoms with E-state index in [0.29, 0.717) is 6.04 Å². The zero-order valence-corrected chi connectivity index (χ0v) is 13.8. The smallest absolute Gasteiger partial charge is 0.104 e. The molecule has 4 heteroatoms. The second-order valence-corrected chi connectivity index (χ2v) is 6.26. The van der Waals surface area contributed by atoms with E-state index in [0.717, 1.165) is 32.4 Å². The van der Waals surface area contributed by atoms with E-state index in [1.165, 1.54) is 5.56 Å². The lowest BCUT2D eigenvalue weighted by Gasteiger charge is -2.27. The fraction of sp³-hybridized carbons (Fsp3) is 0.647. The summed E-state index contributed by atoms with van der Waals surface area (Å²) >= 11 is 0. The second-order valence-electron chi connectivity index (χ2n) is 6.26. The van der Waals surface area contributed by atoms with Gasteiger partial charge in [-0.3, -0.25) is 10.3 Å². The molecule has 0 radical (unpaired) electrons. The van der Waals surface area contributed by atoms with Crippen LogP contribution in [-0.2, 0) is 6.42 Å². The van der Waals surface area contributed by atoms with Crippen LogP contribution in [0.2, 0.25) is 0 Å². The Balaban J connectivity index is 2.27. The van der Waals surface area contributed by atoms with E-state index in [9.17, 15) is 5.26 Å². The minimum absolute atomic E-state index is 0.332. The minimum atomic E-state index is -0.417. The molecule has 0 spiro atoms. The lowest BCUT2D eigenvalue weighted by molar-refractivity contribution is 0.301. The summed E-state index contributed by atoms with van der Waals surface area (Å²) in [7, 11) is 2.14. The van der Waals surface area contributed by atoms with E-state index in [4.69, 9.17) is 0 Å². The molecule has 1 rings (SSSR count). The molecule has 0 aromatic carbocycles. The molecule has 1 unspecified atom stereocenters. The Bertz CT molecular complexity index is 438. The molecule has 21 heavy (non-hydrogen) atoms. The molecule has 1 aromatic heterocycles. The number of hydrogen-bond donors (Lipinski definition) is 1. The highest BCUT2D eigenvalue weighted by Gasteiger charge is 2.23. The first-order valence-corrected chi connectivity index (χ1v) is 7.71. The lowest BCUT2D eigenvalue weighted by Crippen LogP contribution is -2.45. The number of nitriles is 1. The Morgan fingerprint density at radius 1 is 1.33 bits per heavy atom. The summed E-state index contributed by atoms with van der Waals surface area (Å²) in [6, 6.07) is 6.86. The van der Waals surface area contributed by atoms with Crippen LogP contribution in [0.5, 0.6) is 0 Å². The van der Waals surface area contributed by atoms with Crippen LogP contribution in [0.1, 0.15) is 39.2 Å².